The van der Waals surface area contributed by atoms with Gasteiger partial charge in [0.2, 0.25) is 0 Å². The highest BCUT2D eigenvalue weighted by Crippen LogP contribution is 2.44. The predicted molar refractivity (Wildman–Crippen MR) is 80.5 cm³/mol. The van der Waals surface area contributed by atoms with Gasteiger partial charge >= 0.3 is 0 Å². The van der Waals surface area contributed by atoms with Crippen molar-refractivity contribution in [3.63, 3.8) is 0 Å². The van der Waals surface area contributed by atoms with Crippen molar-refractivity contribution in [3.05, 3.63) is 21.9 Å². The molecular weight excluding hydrogens is 326 g/mol. The van der Waals surface area contributed by atoms with Crippen molar-refractivity contribution >= 4 is 33.2 Å². The monoisotopic (exact) mass is 341 g/mol. The van der Waals surface area contributed by atoms with Gasteiger partial charge in [-0.05, 0) is 52.6 Å². The third kappa shape index (κ3) is 2.18. The van der Waals surface area contributed by atoms with Gasteiger partial charge in [0, 0.05) is 25.7 Å². The van der Waals surface area contributed by atoms with Gasteiger partial charge in [-0.2, -0.15) is 0 Å². The summed E-state index contributed by atoms with van der Waals surface area (Å²) in [5, 5.41) is 4.24. The molecule has 0 aromatic carbocycles. The number of anilines is 1. The molecule has 5 rings (SSSR count). The van der Waals surface area contributed by atoms with Crippen LogP contribution in [-0.4, -0.2) is 35.6 Å². The fourth-order valence-corrected chi connectivity index (χ4v) is 4.79. The number of nitrogens with zero attached hydrogens (tertiary/aromatic N) is 2. The lowest BCUT2D eigenvalue weighted by Gasteiger charge is -2.56. The van der Waals surface area contributed by atoms with Crippen LogP contribution in [0.15, 0.2) is 16.7 Å². The highest BCUT2D eigenvalue weighted by molar-refractivity contribution is 9.10. The second-order valence-corrected chi connectivity index (χ2v) is 7.46. The zero-order valence-electron chi connectivity index (χ0n) is 10.6. The molecule has 1 N–H and O–H groups in total. The molecule has 3 aliphatic heterocycles. The van der Waals surface area contributed by atoms with E-state index in [9.17, 15) is 0 Å². The molecule has 1 aromatic heterocycles. The van der Waals surface area contributed by atoms with Crippen LogP contribution in [-0.2, 0) is 0 Å². The molecule has 0 amide bonds. The van der Waals surface area contributed by atoms with E-state index in [-0.39, 0.29) is 0 Å². The van der Waals surface area contributed by atoms with Crippen LogP contribution in [0.1, 0.15) is 12.8 Å². The number of hydrogen-bond donors (Lipinski definition) is 1. The van der Waals surface area contributed by atoms with Gasteiger partial charge in [0.25, 0.3) is 0 Å². The molecule has 0 spiro atoms. The van der Waals surface area contributed by atoms with E-state index in [4.69, 9.17) is 11.6 Å². The molecule has 4 bridgehead atoms. The molecule has 0 radical (unpaired) electrons. The first-order valence-corrected chi connectivity index (χ1v) is 8.16. The summed E-state index contributed by atoms with van der Waals surface area (Å²) in [6, 6.07) is 2.66. The maximum absolute atomic E-state index is 5.95. The summed E-state index contributed by atoms with van der Waals surface area (Å²) >= 11 is 9.40. The Bertz CT molecular complexity index is 479. The normalized spacial score (nSPS) is 39.6. The van der Waals surface area contributed by atoms with Gasteiger partial charge in [0.15, 0.2) is 0 Å². The van der Waals surface area contributed by atoms with Crippen LogP contribution in [0.5, 0.6) is 0 Å². The van der Waals surface area contributed by atoms with Crippen LogP contribution in [0.25, 0.3) is 0 Å². The average molecular weight is 343 g/mol. The lowest BCUT2D eigenvalue weighted by Crippen LogP contribution is -2.62. The smallest absolute Gasteiger partial charge is 0.143 e. The largest absolute Gasteiger partial charge is 0.380 e. The molecule has 102 valence electrons. The summed E-state index contributed by atoms with van der Waals surface area (Å²) in [7, 11) is 0. The Morgan fingerprint density at radius 3 is 2.63 bits per heavy atom. The summed E-state index contributed by atoms with van der Waals surface area (Å²) in [5.41, 5.74) is 1.09. The first-order valence-electron chi connectivity index (χ1n) is 6.99. The van der Waals surface area contributed by atoms with Crippen molar-refractivity contribution in [2.75, 3.05) is 25.0 Å². The van der Waals surface area contributed by atoms with Gasteiger partial charge in [-0.3, -0.25) is 0 Å². The van der Waals surface area contributed by atoms with Crippen molar-refractivity contribution < 1.29 is 0 Å². The highest BCUT2D eigenvalue weighted by Gasteiger charge is 2.47. The number of aromatic nitrogens is 1. The molecule has 4 fully saturated rings. The number of hydrogen-bond acceptors (Lipinski definition) is 3. The Hall–Kier alpha value is -0.320. The summed E-state index contributed by atoms with van der Waals surface area (Å²) in [5.74, 6) is 2.56. The maximum Gasteiger partial charge on any atom is 0.143 e. The molecule has 3 nitrogen and oxygen atoms in total. The Morgan fingerprint density at radius 1 is 1.26 bits per heavy atom. The Balaban J connectivity index is 1.55. The van der Waals surface area contributed by atoms with Crippen molar-refractivity contribution in [2.24, 2.45) is 17.8 Å². The van der Waals surface area contributed by atoms with E-state index in [1.807, 2.05) is 12.3 Å². The van der Waals surface area contributed by atoms with Crippen LogP contribution in [0.4, 0.5) is 5.69 Å². The molecule has 3 saturated heterocycles. The second kappa shape index (κ2) is 4.61. The van der Waals surface area contributed by atoms with E-state index in [0.717, 1.165) is 27.9 Å². The van der Waals surface area contributed by atoms with Crippen LogP contribution >= 0.6 is 27.5 Å². The number of piperidine rings is 3. The number of nitrogens with one attached hydrogen (secondary N) is 1. The summed E-state index contributed by atoms with van der Waals surface area (Å²) in [4.78, 5) is 6.86. The topological polar surface area (TPSA) is 28.2 Å². The first kappa shape index (κ1) is 12.4. The average Bonchev–Trinajstić information content (AvgIpc) is 2.37. The predicted octanol–water partition coefficient (Wildman–Crippen LogP) is 3.25. The third-order valence-corrected chi connectivity index (χ3v) is 6.05. The minimum Gasteiger partial charge on any atom is -0.380 e. The van der Waals surface area contributed by atoms with Gasteiger partial charge in [0.05, 0.1) is 16.4 Å². The van der Waals surface area contributed by atoms with Crippen molar-refractivity contribution in [1.29, 1.82) is 0 Å². The quantitative estimate of drug-likeness (QED) is 0.836. The van der Waals surface area contributed by atoms with Crippen molar-refractivity contribution in [1.82, 2.24) is 9.88 Å². The van der Waals surface area contributed by atoms with Gasteiger partial charge in [-0.25, -0.2) is 4.98 Å². The van der Waals surface area contributed by atoms with E-state index in [0.29, 0.717) is 11.2 Å². The molecule has 1 saturated carbocycles. The van der Waals surface area contributed by atoms with Crippen LogP contribution in [0.3, 0.4) is 0 Å². The molecule has 4 unspecified atom stereocenters. The molecule has 1 aromatic rings. The molecule has 5 heteroatoms. The molecule has 5 atom stereocenters. The number of halogens is 2. The lowest BCUT2D eigenvalue weighted by atomic mass is 9.65. The standard InChI is InChI=1S/C14H17BrClN3/c15-12-3-11(4-17-14(12)16)18-13-9-1-8-2-10(13)7-19(5-8)6-9/h3-4,8-10,13,18H,1-2,5-7H2/t8?,9-,10?,13?/m0/s1. The van der Waals surface area contributed by atoms with E-state index in [1.54, 1.807) is 0 Å². The molecular formula is C14H17BrClN3. The first-order chi connectivity index (χ1) is 9.19. The van der Waals surface area contributed by atoms with Gasteiger partial charge < -0.3 is 10.2 Å². The third-order valence-electron chi connectivity index (χ3n) is 4.92. The Labute approximate surface area is 126 Å². The lowest BCUT2D eigenvalue weighted by molar-refractivity contribution is -0.0269. The van der Waals surface area contributed by atoms with Crippen LogP contribution in [0.2, 0.25) is 5.15 Å². The minimum absolute atomic E-state index is 0.529. The summed E-state index contributed by atoms with van der Waals surface area (Å²) < 4.78 is 0.867. The van der Waals surface area contributed by atoms with Gasteiger partial charge in [0.1, 0.15) is 5.15 Å². The highest BCUT2D eigenvalue weighted by atomic mass is 79.9. The SMILES string of the molecule is Clc1ncc(NC2C3CC4C[C@H]2CN(C4)C3)cc1Br. The fraction of sp³-hybridized carbons (Fsp3) is 0.643. The van der Waals surface area contributed by atoms with Crippen LogP contribution < -0.4 is 5.32 Å². The van der Waals surface area contributed by atoms with E-state index in [2.05, 4.69) is 31.1 Å². The van der Waals surface area contributed by atoms with Gasteiger partial charge in [-0.1, -0.05) is 11.6 Å². The van der Waals surface area contributed by atoms with E-state index < -0.39 is 0 Å². The zero-order chi connectivity index (χ0) is 13.0. The molecule has 19 heavy (non-hydrogen) atoms. The fourth-order valence-electron chi connectivity index (χ4n) is 4.34. The number of pyridine rings is 1. The van der Waals surface area contributed by atoms with Crippen molar-refractivity contribution in [3.8, 4) is 0 Å². The Kier molecular flexibility index (Phi) is 3.01. The maximum atomic E-state index is 5.95. The minimum atomic E-state index is 0.529. The molecule has 1 aliphatic carbocycles. The molecule has 4 heterocycles. The summed E-state index contributed by atoms with van der Waals surface area (Å²) in [6.45, 7) is 3.88. The zero-order valence-corrected chi connectivity index (χ0v) is 13.0. The molecule has 4 aliphatic rings. The van der Waals surface area contributed by atoms with Crippen LogP contribution in [0, 0.1) is 17.8 Å². The Morgan fingerprint density at radius 2 is 2.00 bits per heavy atom. The van der Waals surface area contributed by atoms with E-state index >= 15 is 0 Å². The summed E-state index contributed by atoms with van der Waals surface area (Å²) in [6.07, 6.45) is 4.64. The van der Waals surface area contributed by atoms with Gasteiger partial charge in [-0.15, -0.1) is 0 Å². The second-order valence-electron chi connectivity index (χ2n) is 6.24. The number of rotatable bonds is 2. The van der Waals surface area contributed by atoms with E-state index in [1.165, 1.54) is 32.5 Å². The van der Waals surface area contributed by atoms with Crippen molar-refractivity contribution in [2.45, 2.75) is 18.9 Å².